The zero-order valence-corrected chi connectivity index (χ0v) is 11.5. The third kappa shape index (κ3) is 2.55. The van der Waals surface area contributed by atoms with Crippen molar-refractivity contribution in [2.75, 3.05) is 5.32 Å². The minimum atomic E-state index is 0.256. The second-order valence-corrected chi connectivity index (χ2v) is 4.97. The first-order valence-electron chi connectivity index (χ1n) is 6.44. The van der Waals surface area contributed by atoms with Gasteiger partial charge in [-0.05, 0) is 38.8 Å². The standard InChI is InChI=1S/C15H21N3/c1-11(2)18-10-9-16-15(18)17-13(4)14-8-6-5-7-12(14)3/h5-11,13H,1-4H3,(H,16,17). The quantitative estimate of drug-likeness (QED) is 0.881. The van der Waals surface area contributed by atoms with Crippen molar-refractivity contribution >= 4 is 5.95 Å². The Morgan fingerprint density at radius 3 is 2.56 bits per heavy atom. The van der Waals surface area contributed by atoms with Gasteiger partial charge in [-0.1, -0.05) is 24.3 Å². The molecule has 0 spiro atoms. The van der Waals surface area contributed by atoms with E-state index in [9.17, 15) is 0 Å². The predicted octanol–water partition coefficient (Wildman–Crippen LogP) is 3.95. The SMILES string of the molecule is Cc1ccccc1C(C)Nc1nccn1C(C)C. The largest absolute Gasteiger partial charge is 0.349 e. The van der Waals surface area contributed by atoms with E-state index in [-0.39, 0.29) is 6.04 Å². The van der Waals surface area contributed by atoms with E-state index in [4.69, 9.17) is 0 Å². The van der Waals surface area contributed by atoms with Crippen LogP contribution in [-0.4, -0.2) is 9.55 Å². The molecular weight excluding hydrogens is 222 g/mol. The van der Waals surface area contributed by atoms with Crippen molar-refractivity contribution in [1.29, 1.82) is 0 Å². The molecule has 0 saturated carbocycles. The fraction of sp³-hybridized carbons (Fsp3) is 0.400. The maximum Gasteiger partial charge on any atom is 0.203 e. The Morgan fingerprint density at radius 2 is 1.89 bits per heavy atom. The Hall–Kier alpha value is -1.77. The summed E-state index contributed by atoms with van der Waals surface area (Å²) in [5.74, 6) is 0.931. The number of nitrogens with zero attached hydrogens (tertiary/aromatic N) is 2. The molecule has 0 radical (unpaired) electrons. The number of imidazole rings is 1. The molecule has 0 amide bonds. The van der Waals surface area contributed by atoms with Gasteiger partial charge in [0.2, 0.25) is 5.95 Å². The minimum Gasteiger partial charge on any atom is -0.349 e. The molecule has 0 bridgehead atoms. The summed E-state index contributed by atoms with van der Waals surface area (Å²) >= 11 is 0. The molecule has 18 heavy (non-hydrogen) atoms. The first-order valence-corrected chi connectivity index (χ1v) is 6.44. The Kier molecular flexibility index (Phi) is 3.70. The van der Waals surface area contributed by atoms with E-state index in [2.05, 4.69) is 66.8 Å². The highest BCUT2D eigenvalue weighted by Crippen LogP contribution is 2.22. The van der Waals surface area contributed by atoms with Crippen molar-refractivity contribution in [3.8, 4) is 0 Å². The minimum absolute atomic E-state index is 0.256. The normalized spacial score (nSPS) is 12.7. The Bertz CT molecular complexity index is 514. The van der Waals surface area contributed by atoms with Crippen LogP contribution in [0.2, 0.25) is 0 Å². The van der Waals surface area contributed by atoms with Crippen LogP contribution >= 0.6 is 0 Å². The zero-order valence-electron chi connectivity index (χ0n) is 11.5. The van der Waals surface area contributed by atoms with Crippen LogP contribution in [0, 0.1) is 6.92 Å². The molecule has 1 atom stereocenters. The van der Waals surface area contributed by atoms with Crippen LogP contribution < -0.4 is 5.32 Å². The zero-order chi connectivity index (χ0) is 13.1. The van der Waals surface area contributed by atoms with Crippen molar-refractivity contribution in [2.45, 2.75) is 39.8 Å². The summed E-state index contributed by atoms with van der Waals surface area (Å²) in [5.41, 5.74) is 2.62. The summed E-state index contributed by atoms with van der Waals surface area (Å²) in [6.45, 7) is 8.63. The van der Waals surface area contributed by atoms with Gasteiger partial charge in [-0.15, -0.1) is 0 Å². The topological polar surface area (TPSA) is 29.9 Å². The lowest BCUT2D eigenvalue weighted by atomic mass is 10.0. The second kappa shape index (κ2) is 5.25. The summed E-state index contributed by atoms with van der Waals surface area (Å²) in [7, 11) is 0. The first kappa shape index (κ1) is 12.7. The Balaban J connectivity index is 2.19. The number of rotatable bonds is 4. The van der Waals surface area contributed by atoms with E-state index in [1.807, 2.05) is 12.4 Å². The van der Waals surface area contributed by atoms with Gasteiger partial charge in [-0.25, -0.2) is 4.98 Å². The fourth-order valence-electron chi connectivity index (χ4n) is 2.19. The van der Waals surface area contributed by atoms with Gasteiger partial charge in [0, 0.05) is 18.4 Å². The van der Waals surface area contributed by atoms with Crippen LogP contribution in [0.3, 0.4) is 0 Å². The molecule has 1 aromatic heterocycles. The number of nitrogens with one attached hydrogen (secondary N) is 1. The predicted molar refractivity (Wildman–Crippen MR) is 75.8 cm³/mol. The first-order chi connectivity index (χ1) is 8.59. The molecule has 0 saturated heterocycles. The Labute approximate surface area is 109 Å². The van der Waals surface area contributed by atoms with Crippen LogP contribution in [0.1, 0.15) is 44.0 Å². The number of aryl methyl sites for hydroxylation is 1. The average molecular weight is 243 g/mol. The number of hydrogen-bond donors (Lipinski definition) is 1. The second-order valence-electron chi connectivity index (χ2n) is 4.97. The molecule has 0 aliphatic heterocycles. The third-order valence-electron chi connectivity index (χ3n) is 3.23. The van der Waals surface area contributed by atoms with E-state index in [1.165, 1.54) is 11.1 Å². The van der Waals surface area contributed by atoms with Crippen LogP contribution in [-0.2, 0) is 0 Å². The molecule has 2 aromatic rings. The summed E-state index contributed by atoms with van der Waals surface area (Å²) in [6.07, 6.45) is 3.85. The molecule has 1 aromatic carbocycles. The highest BCUT2D eigenvalue weighted by atomic mass is 15.2. The molecule has 3 nitrogen and oxygen atoms in total. The van der Waals surface area contributed by atoms with E-state index in [0.29, 0.717) is 6.04 Å². The van der Waals surface area contributed by atoms with Crippen LogP contribution in [0.5, 0.6) is 0 Å². The number of benzene rings is 1. The van der Waals surface area contributed by atoms with Crippen LogP contribution in [0.4, 0.5) is 5.95 Å². The van der Waals surface area contributed by atoms with Gasteiger partial charge in [-0.2, -0.15) is 0 Å². The van der Waals surface area contributed by atoms with Gasteiger partial charge >= 0.3 is 0 Å². The van der Waals surface area contributed by atoms with E-state index in [1.54, 1.807) is 0 Å². The van der Waals surface area contributed by atoms with Gasteiger partial charge in [0.05, 0.1) is 6.04 Å². The molecule has 0 aliphatic rings. The summed E-state index contributed by atoms with van der Waals surface area (Å²) in [4.78, 5) is 4.38. The number of aromatic nitrogens is 2. The van der Waals surface area contributed by atoms with Crippen molar-refractivity contribution in [1.82, 2.24) is 9.55 Å². The maximum absolute atomic E-state index is 4.38. The average Bonchev–Trinajstić information content (AvgIpc) is 2.77. The lowest BCUT2D eigenvalue weighted by Gasteiger charge is -2.19. The molecular formula is C15H21N3. The summed E-state index contributed by atoms with van der Waals surface area (Å²) in [6, 6.07) is 9.12. The molecule has 1 N–H and O–H groups in total. The lowest BCUT2D eigenvalue weighted by molar-refractivity contribution is 0.600. The lowest BCUT2D eigenvalue weighted by Crippen LogP contribution is -2.13. The summed E-state index contributed by atoms with van der Waals surface area (Å²) in [5, 5.41) is 3.48. The monoisotopic (exact) mass is 243 g/mol. The fourth-order valence-corrected chi connectivity index (χ4v) is 2.19. The molecule has 0 fully saturated rings. The number of hydrogen-bond acceptors (Lipinski definition) is 2. The molecule has 96 valence electrons. The summed E-state index contributed by atoms with van der Waals surface area (Å²) < 4.78 is 2.15. The van der Waals surface area contributed by atoms with Crippen molar-refractivity contribution < 1.29 is 0 Å². The highest BCUT2D eigenvalue weighted by molar-refractivity contribution is 5.36. The van der Waals surface area contributed by atoms with Crippen molar-refractivity contribution in [2.24, 2.45) is 0 Å². The highest BCUT2D eigenvalue weighted by Gasteiger charge is 2.11. The van der Waals surface area contributed by atoms with Crippen LogP contribution in [0.15, 0.2) is 36.7 Å². The molecule has 0 aliphatic carbocycles. The van der Waals surface area contributed by atoms with Crippen molar-refractivity contribution in [3.63, 3.8) is 0 Å². The van der Waals surface area contributed by atoms with E-state index >= 15 is 0 Å². The number of anilines is 1. The van der Waals surface area contributed by atoms with Gasteiger partial charge in [0.25, 0.3) is 0 Å². The third-order valence-corrected chi connectivity index (χ3v) is 3.23. The smallest absolute Gasteiger partial charge is 0.203 e. The van der Waals surface area contributed by atoms with Gasteiger partial charge in [0.15, 0.2) is 0 Å². The molecule has 2 rings (SSSR count). The van der Waals surface area contributed by atoms with E-state index < -0.39 is 0 Å². The molecule has 3 heteroatoms. The Morgan fingerprint density at radius 1 is 1.17 bits per heavy atom. The van der Waals surface area contributed by atoms with Crippen molar-refractivity contribution in [3.05, 3.63) is 47.8 Å². The maximum atomic E-state index is 4.38. The van der Waals surface area contributed by atoms with Gasteiger partial charge in [-0.3, -0.25) is 0 Å². The van der Waals surface area contributed by atoms with E-state index in [0.717, 1.165) is 5.95 Å². The van der Waals surface area contributed by atoms with Gasteiger partial charge in [0.1, 0.15) is 0 Å². The van der Waals surface area contributed by atoms with Gasteiger partial charge < -0.3 is 9.88 Å². The molecule has 1 unspecified atom stereocenters. The molecule has 1 heterocycles. The van der Waals surface area contributed by atoms with Crippen LogP contribution in [0.25, 0.3) is 0 Å².